The second kappa shape index (κ2) is 7.23. The van der Waals surface area contributed by atoms with E-state index in [1.807, 2.05) is 13.1 Å². The van der Waals surface area contributed by atoms with Crippen LogP contribution in [0, 0.1) is 11.2 Å². The van der Waals surface area contributed by atoms with Crippen LogP contribution in [0.25, 0.3) is 0 Å². The fourth-order valence-corrected chi connectivity index (χ4v) is 3.42. The molecule has 21 heavy (non-hydrogen) atoms. The van der Waals surface area contributed by atoms with Gasteiger partial charge in [0.2, 0.25) is 0 Å². The Bertz CT molecular complexity index is 458. The lowest BCUT2D eigenvalue weighted by atomic mass is 9.74. The summed E-state index contributed by atoms with van der Waals surface area (Å²) in [6.07, 6.45) is 5.85. The highest BCUT2D eigenvalue weighted by Gasteiger charge is 2.32. The number of methoxy groups -OCH3 is 1. The molecule has 0 aromatic heterocycles. The quantitative estimate of drug-likeness (QED) is 0.874. The zero-order valence-electron chi connectivity index (χ0n) is 13.1. The first-order chi connectivity index (χ1) is 10.1. The minimum absolute atomic E-state index is 0.0258. The highest BCUT2D eigenvalue weighted by molar-refractivity contribution is 5.29. The number of nitrogens with zero attached hydrogens (tertiary/aromatic N) is 1. The van der Waals surface area contributed by atoms with Crippen LogP contribution in [-0.2, 0) is 6.54 Å². The van der Waals surface area contributed by atoms with Gasteiger partial charge in [0.05, 0.1) is 7.11 Å². The molecule has 0 atom stereocenters. The maximum Gasteiger partial charge on any atom is 0.165 e. The normalized spacial score (nSPS) is 18.0. The van der Waals surface area contributed by atoms with Crippen LogP contribution in [0.3, 0.4) is 0 Å². The molecule has 0 unspecified atom stereocenters. The molecule has 0 radical (unpaired) electrons. The van der Waals surface area contributed by atoms with E-state index in [1.165, 1.54) is 32.4 Å². The number of aliphatic hydroxyl groups excluding tert-OH is 1. The summed E-state index contributed by atoms with van der Waals surface area (Å²) in [7, 11) is 3.51. The molecule has 0 heterocycles. The summed E-state index contributed by atoms with van der Waals surface area (Å²) in [6, 6.07) is 5.09. The number of ether oxygens (including phenoxy) is 1. The van der Waals surface area contributed by atoms with E-state index >= 15 is 0 Å². The number of rotatable bonds is 6. The standard InChI is InChI=1S/C17H26FNO2/c1-19(12-17(13-20)8-4-3-5-9-17)11-14-6-7-16(21-2)15(18)10-14/h6-7,10,20H,3-5,8-9,11-13H2,1-2H3. The molecule has 1 aliphatic carbocycles. The van der Waals surface area contributed by atoms with Crippen molar-refractivity contribution in [1.82, 2.24) is 4.90 Å². The van der Waals surface area contributed by atoms with Crippen molar-refractivity contribution in [1.29, 1.82) is 0 Å². The van der Waals surface area contributed by atoms with Crippen molar-refractivity contribution in [2.45, 2.75) is 38.6 Å². The van der Waals surface area contributed by atoms with E-state index in [9.17, 15) is 9.50 Å². The smallest absolute Gasteiger partial charge is 0.165 e. The number of aliphatic hydroxyl groups is 1. The Hall–Kier alpha value is -1.13. The van der Waals surface area contributed by atoms with Gasteiger partial charge in [-0.2, -0.15) is 0 Å². The summed E-state index contributed by atoms with van der Waals surface area (Å²) in [6.45, 7) is 1.79. The van der Waals surface area contributed by atoms with Gasteiger partial charge in [0.15, 0.2) is 11.6 Å². The van der Waals surface area contributed by atoms with Gasteiger partial charge in [0.25, 0.3) is 0 Å². The first-order valence-electron chi connectivity index (χ1n) is 7.70. The molecule has 0 spiro atoms. The van der Waals surface area contributed by atoms with Crippen molar-refractivity contribution >= 4 is 0 Å². The van der Waals surface area contributed by atoms with E-state index in [0.29, 0.717) is 6.54 Å². The first kappa shape index (κ1) is 16.2. The van der Waals surface area contributed by atoms with E-state index in [1.54, 1.807) is 6.07 Å². The number of benzene rings is 1. The van der Waals surface area contributed by atoms with E-state index in [0.717, 1.165) is 24.9 Å². The zero-order valence-corrected chi connectivity index (χ0v) is 13.1. The average molecular weight is 295 g/mol. The fourth-order valence-electron chi connectivity index (χ4n) is 3.42. The van der Waals surface area contributed by atoms with Crippen molar-refractivity contribution in [2.24, 2.45) is 5.41 Å². The molecular weight excluding hydrogens is 269 g/mol. The molecule has 0 bridgehead atoms. The third-order valence-electron chi connectivity index (χ3n) is 4.52. The molecule has 0 aliphatic heterocycles. The predicted octanol–water partition coefficient (Wildman–Crippen LogP) is 3.21. The van der Waals surface area contributed by atoms with Crippen molar-refractivity contribution in [3.05, 3.63) is 29.6 Å². The Labute approximate surface area is 126 Å². The monoisotopic (exact) mass is 295 g/mol. The summed E-state index contributed by atoms with van der Waals surface area (Å²) in [5.74, 6) is -0.0431. The summed E-state index contributed by atoms with van der Waals surface area (Å²) in [5, 5.41) is 9.77. The van der Waals surface area contributed by atoms with Gasteiger partial charge in [-0.05, 0) is 37.6 Å². The summed E-state index contributed by atoms with van der Waals surface area (Å²) in [5.41, 5.74) is 0.956. The topological polar surface area (TPSA) is 32.7 Å². The number of hydrogen-bond donors (Lipinski definition) is 1. The molecule has 118 valence electrons. The van der Waals surface area contributed by atoms with Crippen LogP contribution in [0.4, 0.5) is 4.39 Å². The predicted molar refractivity (Wildman–Crippen MR) is 81.9 cm³/mol. The number of halogens is 1. The molecule has 2 rings (SSSR count). The van der Waals surface area contributed by atoms with Gasteiger partial charge in [0, 0.05) is 25.1 Å². The minimum atomic E-state index is -0.321. The highest BCUT2D eigenvalue weighted by atomic mass is 19.1. The van der Waals surface area contributed by atoms with Gasteiger partial charge in [0.1, 0.15) is 0 Å². The van der Waals surface area contributed by atoms with Crippen molar-refractivity contribution in [3.8, 4) is 5.75 Å². The van der Waals surface area contributed by atoms with E-state index in [2.05, 4.69) is 4.90 Å². The first-order valence-corrected chi connectivity index (χ1v) is 7.70. The zero-order chi connectivity index (χ0) is 15.3. The second-order valence-corrected chi connectivity index (χ2v) is 6.36. The molecular formula is C17H26FNO2. The Morgan fingerprint density at radius 1 is 1.29 bits per heavy atom. The molecule has 0 saturated heterocycles. The lowest BCUT2D eigenvalue weighted by molar-refractivity contribution is 0.0463. The summed E-state index contributed by atoms with van der Waals surface area (Å²) < 4.78 is 18.7. The van der Waals surface area contributed by atoms with E-state index < -0.39 is 0 Å². The van der Waals surface area contributed by atoms with Gasteiger partial charge in [-0.15, -0.1) is 0 Å². The lowest BCUT2D eigenvalue weighted by Crippen LogP contribution is -2.39. The van der Waals surface area contributed by atoms with Gasteiger partial charge in [-0.3, -0.25) is 0 Å². The molecule has 1 saturated carbocycles. The van der Waals surface area contributed by atoms with Gasteiger partial charge < -0.3 is 14.7 Å². The third kappa shape index (κ3) is 4.17. The van der Waals surface area contributed by atoms with Gasteiger partial charge in [-0.25, -0.2) is 4.39 Å². The molecule has 1 aromatic rings. The SMILES string of the molecule is COc1ccc(CN(C)CC2(CO)CCCCC2)cc1F. The molecule has 0 amide bonds. The lowest BCUT2D eigenvalue weighted by Gasteiger charge is -2.38. The van der Waals surface area contributed by atoms with E-state index in [-0.39, 0.29) is 23.6 Å². The molecule has 3 nitrogen and oxygen atoms in total. The maximum atomic E-state index is 13.7. The molecule has 1 aromatic carbocycles. The third-order valence-corrected chi connectivity index (χ3v) is 4.52. The van der Waals surface area contributed by atoms with Crippen LogP contribution in [-0.4, -0.2) is 37.3 Å². The van der Waals surface area contributed by atoms with Crippen LogP contribution < -0.4 is 4.74 Å². The fraction of sp³-hybridized carbons (Fsp3) is 0.647. The van der Waals surface area contributed by atoms with Crippen LogP contribution in [0.1, 0.15) is 37.7 Å². The largest absolute Gasteiger partial charge is 0.494 e. The Kier molecular flexibility index (Phi) is 5.59. The maximum absolute atomic E-state index is 13.7. The van der Waals surface area contributed by atoms with Crippen LogP contribution in [0.2, 0.25) is 0 Å². The average Bonchev–Trinajstić information content (AvgIpc) is 2.48. The van der Waals surface area contributed by atoms with Crippen molar-refractivity contribution in [3.63, 3.8) is 0 Å². The summed E-state index contributed by atoms with van der Waals surface area (Å²) >= 11 is 0. The Morgan fingerprint density at radius 2 is 2.00 bits per heavy atom. The van der Waals surface area contributed by atoms with Crippen LogP contribution >= 0.6 is 0 Å². The summed E-state index contributed by atoms with van der Waals surface area (Å²) in [4.78, 5) is 2.18. The molecule has 1 fully saturated rings. The molecule has 4 heteroatoms. The van der Waals surface area contributed by atoms with Crippen molar-refractivity contribution in [2.75, 3.05) is 27.3 Å². The van der Waals surface area contributed by atoms with E-state index in [4.69, 9.17) is 4.74 Å². The molecule has 1 aliphatic rings. The van der Waals surface area contributed by atoms with Crippen LogP contribution in [0.15, 0.2) is 18.2 Å². The Morgan fingerprint density at radius 3 is 2.57 bits per heavy atom. The van der Waals surface area contributed by atoms with Crippen LogP contribution in [0.5, 0.6) is 5.75 Å². The van der Waals surface area contributed by atoms with Gasteiger partial charge >= 0.3 is 0 Å². The minimum Gasteiger partial charge on any atom is -0.494 e. The van der Waals surface area contributed by atoms with Crippen molar-refractivity contribution < 1.29 is 14.2 Å². The highest BCUT2D eigenvalue weighted by Crippen LogP contribution is 2.36. The van der Waals surface area contributed by atoms with Gasteiger partial charge in [-0.1, -0.05) is 25.3 Å². The molecule has 1 N–H and O–H groups in total. The Balaban J connectivity index is 1.97. The number of hydrogen-bond acceptors (Lipinski definition) is 3. The second-order valence-electron chi connectivity index (χ2n) is 6.36.